The van der Waals surface area contributed by atoms with Crippen molar-refractivity contribution >= 4 is 27.3 Å². The summed E-state index contributed by atoms with van der Waals surface area (Å²) in [5.74, 6) is -2.64. The quantitative estimate of drug-likeness (QED) is 0.491. The van der Waals surface area contributed by atoms with Crippen LogP contribution in [0.4, 0.5) is 27.6 Å². The molecule has 0 amide bonds. The van der Waals surface area contributed by atoms with Crippen LogP contribution < -0.4 is 4.72 Å². The third-order valence-corrected chi connectivity index (χ3v) is 5.64. The highest BCUT2D eigenvalue weighted by Crippen LogP contribution is 2.39. The van der Waals surface area contributed by atoms with Crippen molar-refractivity contribution in [1.29, 1.82) is 0 Å². The van der Waals surface area contributed by atoms with Gasteiger partial charge in [-0.2, -0.15) is 13.2 Å². The van der Waals surface area contributed by atoms with Crippen LogP contribution in [-0.2, 0) is 16.2 Å². The van der Waals surface area contributed by atoms with Crippen LogP contribution in [0.5, 0.6) is 0 Å². The standard InChI is InChI=1S/C19H11ClF5NO2S/c20-15-8-11(6-7-14(15)19(23,24)25)13-9-16(21)17(22)10-18(13)26-29(27,28)12-4-2-1-3-5-12/h1-10,26H. The molecule has 0 radical (unpaired) electrons. The van der Waals surface area contributed by atoms with Crippen LogP contribution in [0, 0.1) is 11.6 Å². The van der Waals surface area contributed by atoms with Gasteiger partial charge in [-0.15, -0.1) is 0 Å². The van der Waals surface area contributed by atoms with Crippen molar-refractivity contribution in [3.8, 4) is 11.1 Å². The lowest BCUT2D eigenvalue weighted by molar-refractivity contribution is -0.137. The number of nitrogens with one attached hydrogen (secondary N) is 1. The monoisotopic (exact) mass is 447 g/mol. The molecule has 0 unspecified atom stereocenters. The van der Waals surface area contributed by atoms with Gasteiger partial charge in [-0.3, -0.25) is 4.72 Å². The molecular formula is C19H11ClF5NO2S. The summed E-state index contributed by atoms with van der Waals surface area (Å²) in [4.78, 5) is -0.138. The van der Waals surface area contributed by atoms with Crippen molar-refractivity contribution in [1.82, 2.24) is 0 Å². The first-order chi connectivity index (χ1) is 13.5. The third-order valence-electron chi connectivity index (χ3n) is 3.94. The summed E-state index contributed by atoms with van der Waals surface area (Å²) in [6.07, 6.45) is -4.71. The van der Waals surface area contributed by atoms with Gasteiger partial charge in [0.1, 0.15) is 0 Å². The summed E-state index contributed by atoms with van der Waals surface area (Å²) in [5, 5.41) is -0.670. The van der Waals surface area contributed by atoms with E-state index in [4.69, 9.17) is 11.6 Å². The third kappa shape index (κ3) is 4.51. The Morgan fingerprint density at radius 2 is 1.48 bits per heavy atom. The minimum Gasteiger partial charge on any atom is -0.279 e. The summed E-state index contributed by atoms with van der Waals surface area (Å²) in [5.41, 5.74) is -1.69. The molecule has 0 saturated carbocycles. The van der Waals surface area contributed by atoms with Crippen molar-refractivity contribution in [3.63, 3.8) is 0 Å². The molecule has 152 valence electrons. The first-order valence-electron chi connectivity index (χ1n) is 7.93. The van der Waals surface area contributed by atoms with Gasteiger partial charge in [0.15, 0.2) is 11.6 Å². The predicted octanol–water partition coefficient (Wildman–Crippen LogP) is 6.10. The normalized spacial score (nSPS) is 12.1. The van der Waals surface area contributed by atoms with Crippen molar-refractivity contribution in [3.05, 3.63) is 82.9 Å². The first kappa shape index (κ1) is 21.1. The van der Waals surface area contributed by atoms with E-state index >= 15 is 0 Å². The Hall–Kier alpha value is -2.65. The molecule has 3 aromatic carbocycles. The highest BCUT2D eigenvalue weighted by atomic mass is 35.5. The molecule has 0 atom stereocenters. The molecule has 3 nitrogen and oxygen atoms in total. The van der Waals surface area contributed by atoms with Crippen LogP contribution in [0.15, 0.2) is 65.6 Å². The average Bonchev–Trinajstić information content (AvgIpc) is 2.64. The number of anilines is 1. The Bertz CT molecular complexity index is 1170. The van der Waals surface area contributed by atoms with Gasteiger partial charge in [0, 0.05) is 11.6 Å². The smallest absolute Gasteiger partial charge is 0.279 e. The van der Waals surface area contributed by atoms with Gasteiger partial charge >= 0.3 is 6.18 Å². The predicted molar refractivity (Wildman–Crippen MR) is 99.1 cm³/mol. The van der Waals surface area contributed by atoms with Gasteiger partial charge in [-0.1, -0.05) is 35.9 Å². The fourth-order valence-corrected chi connectivity index (χ4v) is 3.97. The Labute approximate surface area is 167 Å². The van der Waals surface area contributed by atoms with Crippen molar-refractivity contribution in [2.45, 2.75) is 11.1 Å². The number of halogens is 6. The van der Waals surface area contributed by atoms with Gasteiger partial charge in [0.2, 0.25) is 0 Å². The number of hydrogen-bond acceptors (Lipinski definition) is 2. The van der Waals surface area contributed by atoms with Crippen LogP contribution in [0.25, 0.3) is 11.1 Å². The Morgan fingerprint density at radius 1 is 0.862 bits per heavy atom. The summed E-state index contributed by atoms with van der Waals surface area (Å²) in [6, 6.07) is 11.0. The molecule has 0 fully saturated rings. The second-order valence-corrected chi connectivity index (χ2v) is 8.01. The number of benzene rings is 3. The van der Waals surface area contributed by atoms with E-state index < -0.39 is 38.4 Å². The second-order valence-electron chi connectivity index (χ2n) is 5.92. The maximum atomic E-state index is 13.8. The molecule has 0 saturated heterocycles. The van der Waals surface area contributed by atoms with E-state index in [9.17, 15) is 30.4 Å². The van der Waals surface area contributed by atoms with Crippen molar-refractivity contribution in [2.75, 3.05) is 4.72 Å². The van der Waals surface area contributed by atoms with Crippen LogP contribution >= 0.6 is 11.6 Å². The fraction of sp³-hybridized carbons (Fsp3) is 0.0526. The van der Waals surface area contributed by atoms with Crippen LogP contribution in [0.2, 0.25) is 5.02 Å². The van der Waals surface area contributed by atoms with Crippen LogP contribution in [0.3, 0.4) is 0 Å². The van der Waals surface area contributed by atoms with E-state index in [0.717, 1.165) is 12.1 Å². The zero-order valence-electron chi connectivity index (χ0n) is 14.3. The Balaban J connectivity index is 2.11. The minimum absolute atomic E-state index is 0.0346. The second kappa shape index (κ2) is 7.64. The summed E-state index contributed by atoms with van der Waals surface area (Å²) >= 11 is 5.69. The molecule has 0 aliphatic carbocycles. The SMILES string of the molecule is O=S(=O)(Nc1cc(F)c(F)cc1-c1ccc(C(F)(F)F)c(Cl)c1)c1ccccc1. The maximum absolute atomic E-state index is 13.8. The lowest BCUT2D eigenvalue weighted by Crippen LogP contribution is -2.14. The largest absolute Gasteiger partial charge is 0.417 e. The van der Waals surface area contributed by atoms with Gasteiger partial charge in [0.05, 0.1) is 21.2 Å². The summed E-state index contributed by atoms with van der Waals surface area (Å²) in [7, 11) is -4.17. The first-order valence-corrected chi connectivity index (χ1v) is 9.79. The lowest BCUT2D eigenvalue weighted by Gasteiger charge is -2.15. The zero-order valence-corrected chi connectivity index (χ0v) is 15.8. The molecule has 0 heterocycles. The van der Waals surface area contributed by atoms with Gasteiger partial charge in [-0.25, -0.2) is 17.2 Å². The van der Waals surface area contributed by atoms with Gasteiger partial charge in [-0.05, 0) is 35.9 Å². The van der Waals surface area contributed by atoms with E-state index in [-0.39, 0.29) is 21.7 Å². The minimum atomic E-state index is -4.71. The summed E-state index contributed by atoms with van der Waals surface area (Å²) < 4.78 is 93.5. The van der Waals surface area contributed by atoms with Crippen molar-refractivity contribution < 1.29 is 30.4 Å². The van der Waals surface area contributed by atoms with Crippen LogP contribution in [-0.4, -0.2) is 8.42 Å². The molecular weight excluding hydrogens is 437 g/mol. The Morgan fingerprint density at radius 3 is 2.07 bits per heavy atom. The summed E-state index contributed by atoms with van der Waals surface area (Å²) in [6.45, 7) is 0. The number of hydrogen-bond donors (Lipinski definition) is 1. The number of sulfonamides is 1. The molecule has 3 aromatic rings. The highest BCUT2D eigenvalue weighted by Gasteiger charge is 2.33. The van der Waals surface area contributed by atoms with Crippen molar-refractivity contribution in [2.24, 2.45) is 0 Å². The lowest BCUT2D eigenvalue weighted by atomic mass is 10.0. The van der Waals surface area contributed by atoms with E-state index in [1.165, 1.54) is 24.3 Å². The molecule has 1 N–H and O–H groups in total. The molecule has 10 heteroatoms. The van der Waals surface area contributed by atoms with E-state index in [1.807, 2.05) is 0 Å². The van der Waals surface area contributed by atoms with Gasteiger partial charge in [0.25, 0.3) is 10.0 Å². The van der Waals surface area contributed by atoms with E-state index in [0.29, 0.717) is 18.2 Å². The molecule has 0 aromatic heterocycles. The molecule has 3 rings (SSSR count). The maximum Gasteiger partial charge on any atom is 0.417 e. The molecule has 0 aliphatic rings. The van der Waals surface area contributed by atoms with E-state index in [2.05, 4.69) is 4.72 Å². The Kier molecular flexibility index (Phi) is 5.55. The van der Waals surface area contributed by atoms with E-state index in [1.54, 1.807) is 6.07 Å². The molecule has 0 aliphatic heterocycles. The number of rotatable bonds is 4. The molecule has 0 bridgehead atoms. The fourth-order valence-electron chi connectivity index (χ4n) is 2.59. The zero-order chi connectivity index (χ0) is 21.4. The topological polar surface area (TPSA) is 46.2 Å². The van der Waals surface area contributed by atoms with Gasteiger partial charge < -0.3 is 0 Å². The van der Waals surface area contributed by atoms with Crippen LogP contribution in [0.1, 0.15) is 5.56 Å². The highest BCUT2D eigenvalue weighted by molar-refractivity contribution is 7.92. The average molecular weight is 448 g/mol. The number of alkyl halides is 3. The molecule has 0 spiro atoms. The molecule has 29 heavy (non-hydrogen) atoms.